The SMILES string of the molecule is N#Cc1ccc(CCc2ncccc2[N+](=O)[O-])cc1Br. The summed E-state index contributed by atoms with van der Waals surface area (Å²) in [5, 5.41) is 19.7. The lowest BCUT2D eigenvalue weighted by atomic mass is 10.1. The van der Waals surface area contributed by atoms with E-state index in [9.17, 15) is 10.1 Å². The Morgan fingerprint density at radius 2 is 2.15 bits per heavy atom. The van der Waals surface area contributed by atoms with Crippen molar-refractivity contribution in [3.8, 4) is 6.07 Å². The molecule has 0 bridgehead atoms. The topological polar surface area (TPSA) is 79.8 Å². The number of nitriles is 1. The van der Waals surface area contributed by atoms with Gasteiger partial charge in [0.25, 0.3) is 5.69 Å². The summed E-state index contributed by atoms with van der Waals surface area (Å²) in [7, 11) is 0. The standard InChI is InChI=1S/C14H10BrN3O2/c15-12-8-10(3-5-11(12)9-16)4-6-13-14(18(19)20)2-1-7-17-13/h1-3,5,7-8H,4,6H2. The molecule has 0 saturated carbocycles. The molecule has 1 heterocycles. The predicted molar refractivity (Wildman–Crippen MR) is 77.2 cm³/mol. The summed E-state index contributed by atoms with van der Waals surface area (Å²) in [5.41, 5.74) is 2.08. The lowest BCUT2D eigenvalue weighted by Gasteiger charge is -2.04. The highest BCUT2D eigenvalue weighted by atomic mass is 79.9. The zero-order valence-corrected chi connectivity index (χ0v) is 12.0. The predicted octanol–water partition coefficient (Wildman–Crippen LogP) is 3.41. The van der Waals surface area contributed by atoms with Crippen molar-refractivity contribution in [3.63, 3.8) is 0 Å². The highest BCUT2D eigenvalue weighted by molar-refractivity contribution is 9.10. The number of nitro groups is 1. The molecule has 100 valence electrons. The van der Waals surface area contributed by atoms with E-state index in [-0.39, 0.29) is 5.69 Å². The summed E-state index contributed by atoms with van der Waals surface area (Å²) in [6.45, 7) is 0. The van der Waals surface area contributed by atoms with Gasteiger partial charge in [0.05, 0.1) is 10.5 Å². The van der Waals surface area contributed by atoms with E-state index in [1.807, 2.05) is 12.1 Å². The number of halogens is 1. The molecule has 0 spiro atoms. The molecule has 0 aliphatic rings. The summed E-state index contributed by atoms with van der Waals surface area (Å²) >= 11 is 3.32. The van der Waals surface area contributed by atoms with Gasteiger partial charge in [-0.25, -0.2) is 0 Å². The van der Waals surface area contributed by atoms with Gasteiger partial charge in [0.15, 0.2) is 0 Å². The molecule has 0 atom stereocenters. The average Bonchev–Trinajstić information content (AvgIpc) is 2.45. The number of nitrogens with zero attached hydrogens (tertiary/aromatic N) is 3. The Labute approximate surface area is 124 Å². The molecule has 2 aromatic rings. The van der Waals surface area contributed by atoms with Crippen molar-refractivity contribution in [1.29, 1.82) is 5.26 Å². The third kappa shape index (κ3) is 3.19. The maximum atomic E-state index is 10.9. The lowest BCUT2D eigenvalue weighted by Crippen LogP contribution is -2.00. The van der Waals surface area contributed by atoms with E-state index < -0.39 is 4.92 Å². The minimum atomic E-state index is -0.420. The van der Waals surface area contributed by atoms with E-state index in [0.717, 1.165) is 10.0 Å². The summed E-state index contributed by atoms with van der Waals surface area (Å²) in [6, 6.07) is 10.5. The van der Waals surface area contributed by atoms with Crippen LogP contribution < -0.4 is 0 Å². The maximum Gasteiger partial charge on any atom is 0.290 e. The van der Waals surface area contributed by atoms with Crippen LogP contribution in [0.2, 0.25) is 0 Å². The number of aromatic nitrogens is 1. The Morgan fingerprint density at radius 3 is 2.80 bits per heavy atom. The van der Waals surface area contributed by atoms with Crippen molar-refractivity contribution >= 4 is 21.6 Å². The molecule has 20 heavy (non-hydrogen) atoms. The van der Waals surface area contributed by atoms with Crippen molar-refractivity contribution in [2.75, 3.05) is 0 Å². The second kappa shape index (κ2) is 6.26. The Hall–Kier alpha value is -2.26. The molecule has 1 aromatic carbocycles. The molecule has 0 aliphatic carbocycles. The van der Waals surface area contributed by atoms with Gasteiger partial charge >= 0.3 is 0 Å². The van der Waals surface area contributed by atoms with Crippen LogP contribution in [-0.4, -0.2) is 9.91 Å². The highest BCUT2D eigenvalue weighted by Gasteiger charge is 2.13. The zero-order chi connectivity index (χ0) is 14.5. The second-order valence-corrected chi connectivity index (χ2v) is 5.01. The van der Waals surface area contributed by atoms with E-state index in [2.05, 4.69) is 27.0 Å². The second-order valence-electron chi connectivity index (χ2n) is 4.15. The summed E-state index contributed by atoms with van der Waals surface area (Å²) < 4.78 is 0.730. The van der Waals surface area contributed by atoms with Gasteiger partial charge in [-0.2, -0.15) is 5.26 Å². The van der Waals surface area contributed by atoms with Crippen LogP contribution in [0, 0.1) is 21.4 Å². The van der Waals surface area contributed by atoms with Crippen molar-refractivity contribution < 1.29 is 4.92 Å². The monoisotopic (exact) mass is 331 g/mol. The van der Waals surface area contributed by atoms with Crippen molar-refractivity contribution in [2.45, 2.75) is 12.8 Å². The average molecular weight is 332 g/mol. The number of rotatable bonds is 4. The van der Waals surface area contributed by atoms with Crippen LogP contribution in [0.25, 0.3) is 0 Å². The molecule has 0 unspecified atom stereocenters. The molecule has 5 nitrogen and oxygen atoms in total. The number of aryl methyl sites for hydroxylation is 2. The molecule has 0 N–H and O–H groups in total. The largest absolute Gasteiger partial charge is 0.290 e. The molecule has 0 aliphatic heterocycles. The normalized spacial score (nSPS) is 10.0. The van der Waals surface area contributed by atoms with E-state index in [1.54, 1.807) is 18.3 Å². The van der Waals surface area contributed by atoms with Crippen molar-refractivity contribution in [1.82, 2.24) is 4.98 Å². The van der Waals surface area contributed by atoms with Gasteiger partial charge in [-0.1, -0.05) is 6.07 Å². The number of hydrogen-bond acceptors (Lipinski definition) is 4. The summed E-state index contributed by atoms with van der Waals surface area (Å²) in [4.78, 5) is 14.5. The third-order valence-corrected chi connectivity index (χ3v) is 3.52. The molecular weight excluding hydrogens is 322 g/mol. The van der Waals surface area contributed by atoms with E-state index in [1.165, 1.54) is 6.07 Å². The van der Waals surface area contributed by atoms with Gasteiger partial charge in [-0.05, 0) is 46.1 Å². The van der Waals surface area contributed by atoms with Gasteiger partial charge in [-0.15, -0.1) is 0 Å². The van der Waals surface area contributed by atoms with Crippen molar-refractivity contribution in [3.05, 3.63) is 67.9 Å². The van der Waals surface area contributed by atoms with E-state index in [4.69, 9.17) is 5.26 Å². The van der Waals surface area contributed by atoms with Gasteiger partial charge in [0, 0.05) is 23.2 Å². The van der Waals surface area contributed by atoms with Gasteiger partial charge in [0.1, 0.15) is 11.8 Å². The first-order valence-corrected chi connectivity index (χ1v) is 6.68. The minimum Gasteiger partial charge on any atom is -0.258 e. The van der Waals surface area contributed by atoms with E-state index >= 15 is 0 Å². The van der Waals surface area contributed by atoms with Gasteiger partial charge in [-0.3, -0.25) is 15.1 Å². The fourth-order valence-corrected chi connectivity index (χ4v) is 2.37. The molecule has 0 radical (unpaired) electrons. The number of benzene rings is 1. The van der Waals surface area contributed by atoms with Crippen LogP contribution >= 0.6 is 15.9 Å². The van der Waals surface area contributed by atoms with E-state index in [0.29, 0.717) is 24.1 Å². The highest BCUT2D eigenvalue weighted by Crippen LogP contribution is 2.21. The summed E-state index contributed by atoms with van der Waals surface area (Å²) in [6.07, 6.45) is 2.66. The van der Waals surface area contributed by atoms with Gasteiger partial charge in [0.2, 0.25) is 0 Å². The van der Waals surface area contributed by atoms with Crippen LogP contribution in [0.5, 0.6) is 0 Å². The molecule has 0 fully saturated rings. The molecular formula is C14H10BrN3O2. The quantitative estimate of drug-likeness (QED) is 0.635. The Kier molecular flexibility index (Phi) is 4.43. The van der Waals surface area contributed by atoms with Crippen LogP contribution in [0.4, 0.5) is 5.69 Å². The van der Waals surface area contributed by atoms with Crippen LogP contribution in [0.3, 0.4) is 0 Å². The first-order chi connectivity index (χ1) is 9.61. The Balaban J connectivity index is 2.15. The molecule has 0 amide bonds. The van der Waals surface area contributed by atoms with Crippen molar-refractivity contribution in [2.24, 2.45) is 0 Å². The molecule has 1 aromatic heterocycles. The first-order valence-electron chi connectivity index (χ1n) is 5.88. The maximum absolute atomic E-state index is 10.9. The smallest absolute Gasteiger partial charge is 0.258 e. The minimum absolute atomic E-state index is 0.0419. The van der Waals surface area contributed by atoms with Crippen LogP contribution in [0.1, 0.15) is 16.8 Å². The van der Waals surface area contributed by atoms with Crippen LogP contribution in [-0.2, 0) is 12.8 Å². The third-order valence-electron chi connectivity index (χ3n) is 2.87. The Bertz CT molecular complexity index is 695. The fourth-order valence-electron chi connectivity index (χ4n) is 1.86. The molecule has 2 rings (SSSR count). The van der Waals surface area contributed by atoms with Gasteiger partial charge < -0.3 is 0 Å². The number of pyridine rings is 1. The van der Waals surface area contributed by atoms with Crippen LogP contribution in [0.15, 0.2) is 41.0 Å². The molecule has 6 heteroatoms. The first kappa shape index (κ1) is 14.2. The summed E-state index contributed by atoms with van der Waals surface area (Å²) in [5.74, 6) is 0. The molecule has 0 saturated heterocycles. The zero-order valence-electron chi connectivity index (χ0n) is 10.4. The Morgan fingerprint density at radius 1 is 1.35 bits per heavy atom. The fraction of sp³-hybridized carbons (Fsp3) is 0.143. The number of hydrogen-bond donors (Lipinski definition) is 0. The lowest BCUT2D eigenvalue weighted by molar-refractivity contribution is -0.385.